The van der Waals surface area contributed by atoms with Gasteiger partial charge in [0.05, 0.1) is 11.9 Å². The Labute approximate surface area is 143 Å². The number of benzene rings is 2. The molecule has 0 saturated carbocycles. The van der Waals surface area contributed by atoms with Crippen molar-refractivity contribution in [2.45, 2.75) is 19.6 Å². The molecule has 0 fully saturated rings. The van der Waals surface area contributed by atoms with E-state index in [0.717, 1.165) is 4.68 Å². The maximum absolute atomic E-state index is 12.3. The van der Waals surface area contributed by atoms with E-state index < -0.39 is 6.10 Å². The first-order valence-corrected chi connectivity index (χ1v) is 7.79. The van der Waals surface area contributed by atoms with E-state index in [1.165, 1.54) is 6.92 Å². The molecule has 1 atom stereocenters. The number of aliphatic hydroxyl groups excluding tert-OH is 1. The quantitative estimate of drug-likeness (QED) is 0.683. The van der Waals surface area contributed by atoms with Crippen molar-refractivity contribution < 1.29 is 14.6 Å². The van der Waals surface area contributed by atoms with Crippen LogP contribution in [0.1, 0.15) is 17.3 Å². The molecule has 1 N–H and O–H groups in total. The summed E-state index contributed by atoms with van der Waals surface area (Å²) < 4.78 is 6.60. The first-order chi connectivity index (χ1) is 12.0. The highest BCUT2D eigenvalue weighted by Crippen LogP contribution is 2.13. The second-order valence-corrected chi connectivity index (χ2v) is 5.64. The molecule has 1 aromatic heterocycles. The van der Waals surface area contributed by atoms with E-state index in [1.54, 1.807) is 48.5 Å². The van der Waals surface area contributed by atoms with Gasteiger partial charge < -0.3 is 9.84 Å². The Bertz CT molecular complexity index is 950. The van der Waals surface area contributed by atoms with Crippen molar-refractivity contribution in [3.63, 3.8) is 0 Å². The minimum Gasteiger partial charge on any atom is -0.491 e. The number of hydrogen-bond acceptors (Lipinski definition) is 6. The second kappa shape index (κ2) is 7.23. The Morgan fingerprint density at radius 2 is 1.92 bits per heavy atom. The zero-order valence-electron chi connectivity index (χ0n) is 13.6. The number of ketones is 1. The second-order valence-electron chi connectivity index (χ2n) is 5.64. The molecule has 2 aromatic carbocycles. The van der Waals surface area contributed by atoms with Gasteiger partial charge in [-0.3, -0.25) is 9.59 Å². The third kappa shape index (κ3) is 3.89. The van der Waals surface area contributed by atoms with Gasteiger partial charge in [0.2, 0.25) is 0 Å². The SMILES string of the molecule is CC(=O)c1ccc(OCC(O)Cn2nnc3ccccc3c2=O)cc1. The summed E-state index contributed by atoms with van der Waals surface area (Å²) in [6.07, 6.45) is -0.930. The van der Waals surface area contributed by atoms with E-state index >= 15 is 0 Å². The van der Waals surface area contributed by atoms with Crippen LogP contribution < -0.4 is 10.3 Å². The Kier molecular flexibility index (Phi) is 4.85. The Balaban J connectivity index is 1.64. The molecule has 0 aliphatic heterocycles. The average Bonchev–Trinajstić information content (AvgIpc) is 2.63. The predicted molar refractivity (Wildman–Crippen MR) is 91.7 cm³/mol. The molecule has 3 aromatic rings. The van der Waals surface area contributed by atoms with Crippen molar-refractivity contribution in [1.29, 1.82) is 0 Å². The molecule has 128 valence electrons. The molecule has 1 heterocycles. The lowest BCUT2D eigenvalue weighted by Crippen LogP contribution is -2.32. The van der Waals surface area contributed by atoms with Crippen LogP contribution in [0.25, 0.3) is 10.9 Å². The number of ether oxygens (including phenoxy) is 1. The van der Waals surface area contributed by atoms with Gasteiger partial charge in [-0.15, -0.1) is 5.10 Å². The van der Waals surface area contributed by atoms with Crippen LogP contribution in [0.3, 0.4) is 0 Å². The van der Waals surface area contributed by atoms with Gasteiger partial charge in [0, 0.05) is 5.56 Å². The largest absolute Gasteiger partial charge is 0.491 e. The first kappa shape index (κ1) is 16.8. The van der Waals surface area contributed by atoms with Crippen LogP contribution in [0, 0.1) is 0 Å². The van der Waals surface area contributed by atoms with Crippen LogP contribution >= 0.6 is 0 Å². The number of aromatic nitrogens is 3. The molecule has 0 amide bonds. The monoisotopic (exact) mass is 339 g/mol. The Hall–Kier alpha value is -3.06. The number of Topliss-reactive ketones (excluding diaryl/α,β-unsaturated/α-hetero) is 1. The van der Waals surface area contributed by atoms with E-state index in [-0.39, 0.29) is 24.5 Å². The number of carbonyl (C=O) groups excluding carboxylic acids is 1. The van der Waals surface area contributed by atoms with Crippen molar-refractivity contribution in [2.75, 3.05) is 6.61 Å². The molecule has 3 rings (SSSR count). The van der Waals surface area contributed by atoms with Gasteiger partial charge in [-0.05, 0) is 43.3 Å². The summed E-state index contributed by atoms with van der Waals surface area (Å²) in [7, 11) is 0. The van der Waals surface area contributed by atoms with Crippen molar-refractivity contribution in [2.24, 2.45) is 0 Å². The van der Waals surface area contributed by atoms with E-state index in [0.29, 0.717) is 22.2 Å². The molecule has 0 bridgehead atoms. The van der Waals surface area contributed by atoms with Crippen LogP contribution in [-0.4, -0.2) is 38.6 Å². The van der Waals surface area contributed by atoms with Gasteiger partial charge in [0.25, 0.3) is 5.56 Å². The van der Waals surface area contributed by atoms with Gasteiger partial charge in [-0.2, -0.15) is 0 Å². The summed E-state index contributed by atoms with van der Waals surface area (Å²) in [6, 6.07) is 13.5. The van der Waals surface area contributed by atoms with E-state index in [1.807, 2.05) is 0 Å². The number of fused-ring (bicyclic) bond motifs is 1. The lowest BCUT2D eigenvalue weighted by atomic mass is 10.1. The molecule has 0 aliphatic carbocycles. The minimum absolute atomic E-state index is 0.0135. The molecule has 7 heteroatoms. The number of hydrogen-bond donors (Lipinski definition) is 1. The molecule has 0 aliphatic rings. The van der Waals surface area contributed by atoms with Crippen LogP contribution in [-0.2, 0) is 6.54 Å². The fourth-order valence-electron chi connectivity index (χ4n) is 2.37. The molecule has 0 spiro atoms. The highest BCUT2D eigenvalue weighted by Gasteiger charge is 2.11. The fourth-order valence-corrected chi connectivity index (χ4v) is 2.37. The maximum Gasteiger partial charge on any atom is 0.277 e. The number of carbonyl (C=O) groups is 1. The normalized spacial score (nSPS) is 12.1. The molecule has 1 unspecified atom stereocenters. The van der Waals surface area contributed by atoms with Gasteiger partial charge in [-0.1, -0.05) is 17.3 Å². The molecule has 0 saturated heterocycles. The van der Waals surface area contributed by atoms with Crippen LogP contribution in [0.2, 0.25) is 0 Å². The first-order valence-electron chi connectivity index (χ1n) is 7.79. The summed E-state index contributed by atoms with van der Waals surface area (Å²) in [5.74, 6) is 0.502. The standard InChI is InChI=1S/C18H17N3O4/c1-12(22)13-6-8-15(9-7-13)25-11-14(23)10-21-18(24)16-4-2-3-5-17(16)19-20-21/h2-9,14,23H,10-11H2,1H3. The van der Waals surface area contributed by atoms with E-state index in [4.69, 9.17) is 4.74 Å². The van der Waals surface area contributed by atoms with Crippen LogP contribution in [0.15, 0.2) is 53.3 Å². The topological polar surface area (TPSA) is 94.3 Å². The van der Waals surface area contributed by atoms with Crippen molar-refractivity contribution in [3.8, 4) is 5.75 Å². The third-order valence-corrected chi connectivity index (χ3v) is 3.72. The zero-order chi connectivity index (χ0) is 17.8. The van der Waals surface area contributed by atoms with E-state index in [9.17, 15) is 14.7 Å². The molecule has 0 radical (unpaired) electrons. The number of nitrogens with zero attached hydrogens (tertiary/aromatic N) is 3. The summed E-state index contributed by atoms with van der Waals surface area (Å²) in [5.41, 5.74) is 0.793. The predicted octanol–water partition coefficient (Wildman–Crippen LogP) is 1.43. The number of rotatable bonds is 6. The molecular weight excluding hydrogens is 322 g/mol. The van der Waals surface area contributed by atoms with Gasteiger partial charge in [-0.25, -0.2) is 4.68 Å². The van der Waals surface area contributed by atoms with Crippen molar-refractivity contribution in [1.82, 2.24) is 15.0 Å². The maximum atomic E-state index is 12.3. The summed E-state index contributed by atoms with van der Waals surface area (Å²) in [4.78, 5) is 23.5. The fraction of sp³-hybridized carbons (Fsp3) is 0.222. The molecular formula is C18H17N3O4. The highest BCUT2D eigenvalue weighted by atomic mass is 16.5. The van der Waals surface area contributed by atoms with Crippen molar-refractivity contribution in [3.05, 3.63) is 64.4 Å². The van der Waals surface area contributed by atoms with Gasteiger partial charge in [0.1, 0.15) is 24.0 Å². The van der Waals surface area contributed by atoms with Crippen molar-refractivity contribution >= 4 is 16.7 Å². The van der Waals surface area contributed by atoms with Gasteiger partial charge in [0.15, 0.2) is 5.78 Å². The molecule has 25 heavy (non-hydrogen) atoms. The van der Waals surface area contributed by atoms with E-state index in [2.05, 4.69) is 10.3 Å². The molecule has 7 nitrogen and oxygen atoms in total. The Morgan fingerprint density at radius 3 is 2.64 bits per heavy atom. The zero-order valence-corrected chi connectivity index (χ0v) is 13.6. The minimum atomic E-state index is -0.930. The van der Waals surface area contributed by atoms with Crippen LogP contribution in [0.4, 0.5) is 0 Å². The smallest absolute Gasteiger partial charge is 0.277 e. The lowest BCUT2D eigenvalue weighted by Gasteiger charge is -2.13. The average molecular weight is 339 g/mol. The summed E-state index contributed by atoms with van der Waals surface area (Å²) in [6.45, 7) is 1.45. The summed E-state index contributed by atoms with van der Waals surface area (Å²) in [5, 5.41) is 18.3. The lowest BCUT2D eigenvalue weighted by molar-refractivity contribution is 0.0872. The third-order valence-electron chi connectivity index (χ3n) is 3.72. The van der Waals surface area contributed by atoms with Gasteiger partial charge >= 0.3 is 0 Å². The highest BCUT2D eigenvalue weighted by molar-refractivity contribution is 5.94. The summed E-state index contributed by atoms with van der Waals surface area (Å²) >= 11 is 0. The van der Waals surface area contributed by atoms with Crippen LogP contribution in [0.5, 0.6) is 5.75 Å². The Morgan fingerprint density at radius 1 is 1.20 bits per heavy atom. The number of aliphatic hydroxyl groups is 1.